The lowest BCUT2D eigenvalue weighted by Gasteiger charge is -2.12. The van der Waals surface area contributed by atoms with Gasteiger partial charge in [0.25, 0.3) is 5.56 Å². The Hall–Kier alpha value is -4.72. The summed E-state index contributed by atoms with van der Waals surface area (Å²) >= 11 is 0. The van der Waals surface area contributed by atoms with Crippen molar-refractivity contribution in [2.24, 2.45) is 0 Å². The van der Waals surface area contributed by atoms with E-state index in [-0.39, 0.29) is 22.3 Å². The van der Waals surface area contributed by atoms with E-state index in [1.54, 1.807) is 18.2 Å². The van der Waals surface area contributed by atoms with E-state index in [0.717, 1.165) is 15.4 Å². The molecule has 0 radical (unpaired) electrons. The average Bonchev–Trinajstić information content (AvgIpc) is 3.40. The highest BCUT2D eigenvalue weighted by molar-refractivity contribution is 7.89. The second-order valence-electron chi connectivity index (χ2n) is 7.92. The first-order valence-electron chi connectivity index (χ1n) is 10.9. The molecule has 2 heterocycles. The highest BCUT2D eigenvalue weighted by Gasteiger charge is 2.21. The van der Waals surface area contributed by atoms with Gasteiger partial charge < -0.3 is 16.3 Å². The van der Waals surface area contributed by atoms with Crippen molar-refractivity contribution < 1.29 is 18.4 Å². The number of hydrogen-bond acceptors (Lipinski definition) is 10. The maximum atomic E-state index is 12.8. The van der Waals surface area contributed by atoms with E-state index in [1.807, 2.05) is 24.3 Å². The number of benzene rings is 3. The van der Waals surface area contributed by atoms with E-state index < -0.39 is 21.8 Å². The molecule has 0 aliphatic carbocycles. The van der Waals surface area contributed by atoms with Crippen LogP contribution in [-0.4, -0.2) is 34.6 Å². The van der Waals surface area contributed by atoms with Gasteiger partial charge in [0.1, 0.15) is 5.75 Å². The van der Waals surface area contributed by atoms with Gasteiger partial charge in [0, 0.05) is 17.5 Å². The fourth-order valence-corrected chi connectivity index (χ4v) is 4.70. The Kier molecular flexibility index (Phi) is 6.31. The third-order valence-corrected chi connectivity index (χ3v) is 6.94. The van der Waals surface area contributed by atoms with Crippen LogP contribution in [0, 0.1) is 0 Å². The molecular formula is C24H21N7O5S. The first-order valence-corrected chi connectivity index (χ1v) is 12.4. The number of anilines is 2. The summed E-state index contributed by atoms with van der Waals surface area (Å²) in [5.41, 5.74) is 2.73. The van der Waals surface area contributed by atoms with Gasteiger partial charge in [-0.05, 0) is 59.3 Å². The smallest absolute Gasteiger partial charge is 0.299 e. The third-order valence-electron chi connectivity index (χ3n) is 5.50. The highest BCUT2D eigenvalue weighted by Crippen LogP contribution is 2.28. The SMILES string of the molecule is Nn1c(Nc2ccc(S(=O)(=O)NC3C=CNO3)cc2)nnc(/C=C/c2c(O)ccc3ccccc23)c1=O. The Morgan fingerprint density at radius 3 is 2.59 bits per heavy atom. The van der Waals surface area contributed by atoms with Gasteiger partial charge in [-0.25, -0.2) is 8.42 Å². The summed E-state index contributed by atoms with van der Waals surface area (Å²) in [6.45, 7) is 0. The Bertz CT molecular complexity index is 1700. The molecule has 37 heavy (non-hydrogen) atoms. The van der Waals surface area contributed by atoms with Crippen LogP contribution in [0.2, 0.25) is 0 Å². The van der Waals surface area contributed by atoms with Crippen LogP contribution in [0.4, 0.5) is 11.6 Å². The molecule has 12 nitrogen and oxygen atoms in total. The molecule has 1 aromatic heterocycles. The van der Waals surface area contributed by atoms with E-state index >= 15 is 0 Å². The minimum absolute atomic E-state index is 0.00958. The van der Waals surface area contributed by atoms with Gasteiger partial charge in [-0.1, -0.05) is 30.3 Å². The van der Waals surface area contributed by atoms with Crippen molar-refractivity contribution in [1.82, 2.24) is 25.1 Å². The molecule has 188 valence electrons. The molecule has 0 spiro atoms. The van der Waals surface area contributed by atoms with E-state index in [9.17, 15) is 18.3 Å². The van der Waals surface area contributed by atoms with Gasteiger partial charge in [0.15, 0.2) is 11.9 Å². The zero-order valence-corrected chi connectivity index (χ0v) is 19.9. The molecule has 13 heteroatoms. The molecule has 0 saturated carbocycles. The van der Waals surface area contributed by atoms with Crippen LogP contribution in [0.5, 0.6) is 5.75 Å². The molecule has 6 N–H and O–H groups in total. The predicted octanol–water partition coefficient (Wildman–Crippen LogP) is 1.78. The third kappa shape index (κ3) is 4.99. The van der Waals surface area contributed by atoms with Crippen LogP contribution in [0.15, 0.2) is 82.6 Å². The van der Waals surface area contributed by atoms with Crippen molar-refractivity contribution in [3.63, 3.8) is 0 Å². The minimum atomic E-state index is -3.83. The number of phenols is 1. The van der Waals surface area contributed by atoms with E-state index in [0.29, 0.717) is 11.3 Å². The summed E-state index contributed by atoms with van der Waals surface area (Å²) in [5.74, 6) is 5.93. The Morgan fingerprint density at radius 1 is 1.05 bits per heavy atom. The Morgan fingerprint density at radius 2 is 1.84 bits per heavy atom. The zero-order chi connectivity index (χ0) is 26.0. The molecule has 5 rings (SSSR count). The maximum absolute atomic E-state index is 12.8. The number of fused-ring (bicyclic) bond motifs is 1. The lowest BCUT2D eigenvalue weighted by molar-refractivity contribution is 0.0416. The molecule has 0 saturated heterocycles. The fraction of sp³-hybridized carbons (Fsp3) is 0.0417. The van der Waals surface area contributed by atoms with Crippen LogP contribution in [0.3, 0.4) is 0 Å². The van der Waals surface area contributed by atoms with Crippen molar-refractivity contribution in [3.05, 3.63) is 94.6 Å². The number of nitrogens with one attached hydrogen (secondary N) is 3. The molecule has 4 aromatic rings. The van der Waals surface area contributed by atoms with Crippen LogP contribution in [0.25, 0.3) is 22.9 Å². The number of hydroxylamine groups is 1. The van der Waals surface area contributed by atoms with E-state index in [1.165, 1.54) is 42.6 Å². The van der Waals surface area contributed by atoms with Crippen molar-refractivity contribution >= 4 is 44.6 Å². The predicted molar refractivity (Wildman–Crippen MR) is 138 cm³/mol. The van der Waals surface area contributed by atoms with Gasteiger partial charge in [0.2, 0.25) is 16.0 Å². The topological polar surface area (TPSA) is 173 Å². The molecule has 1 aliphatic heterocycles. The maximum Gasteiger partial charge on any atom is 0.299 e. The van der Waals surface area contributed by atoms with Crippen LogP contribution in [0.1, 0.15) is 11.3 Å². The number of nitrogens with zero attached hydrogens (tertiary/aromatic N) is 3. The summed E-state index contributed by atoms with van der Waals surface area (Å²) in [6, 6.07) is 16.6. The summed E-state index contributed by atoms with van der Waals surface area (Å²) in [6.07, 6.45) is 5.17. The lowest BCUT2D eigenvalue weighted by atomic mass is 10.0. The van der Waals surface area contributed by atoms with Gasteiger partial charge in [-0.3, -0.25) is 15.1 Å². The van der Waals surface area contributed by atoms with Crippen molar-refractivity contribution in [2.75, 3.05) is 11.2 Å². The summed E-state index contributed by atoms with van der Waals surface area (Å²) < 4.78 is 28.1. The lowest BCUT2D eigenvalue weighted by Crippen LogP contribution is -2.35. The van der Waals surface area contributed by atoms with Crippen LogP contribution >= 0.6 is 0 Å². The number of phenolic OH excluding ortho intramolecular Hbond substituents is 1. The van der Waals surface area contributed by atoms with Crippen LogP contribution < -0.4 is 26.9 Å². The number of rotatable bonds is 7. The largest absolute Gasteiger partial charge is 0.507 e. The average molecular weight is 520 g/mol. The number of nitrogens with two attached hydrogens (primary N) is 1. The Labute approximate surface area is 210 Å². The first-order chi connectivity index (χ1) is 17.8. The summed E-state index contributed by atoms with van der Waals surface area (Å²) in [4.78, 5) is 17.8. The van der Waals surface area contributed by atoms with Gasteiger partial charge in [-0.2, -0.15) is 9.40 Å². The Balaban J connectivity index is 1.34. The zero-order valence-electron chi connectivity index (χ0n) is 19.1. The molecule has 1 unspecified atom stereocenters. The van der Waals surface area contributed by atoms with Crippen molar-refractivity contribution in [1.29, 1.82) is 0 Å². The van der Waals surface area contributed by atoms with E-state index in [2.05, 4.69) is 25.7 Å². The van der Waals surface area contributed by atoms with Crippen molar-refractivity contribution in [3.8, 4) is 5.75 Å². The summed E-state index contributed by atoms with van der Waals surface area (Å²) in [5, 5.41) is 22.8. The molecule has 3 aromatic carbocycles. The number of aromatic nitrogens is 3. The fourth-order valence-electron chi connectivity index (χ4n) is 3.63. The van der Waals surface area contributed by atoms with Crippen molar-refractivity contribution in [2.45, 2.75) is 11.1 Å². The summed E-state index contributed by atoms with van der Waals surface area (Å²) in [7, 11) is -3.83. The number of hydrogen-bond donors (Lipinski definition) is 5. The standard InChI is InChI=1S/C24H21N7O5S/c25-31-23(33)20(11-10-19-18-4-2-1-3-15(18)5-12-21(19)32)28-29-24(31)27-16-6-8-17(9-7-16)37(34,35)30-22-13-14-26-36-22/h1-14,22,26,30,32H,25H2,(H,27,29)/b11-10+. The number of nitrogen functional groups attached to an aromatic ring is 1. The van der Waals surface area contributed by atoms with Gasteiger partial charge >= 0.3 is 0 Å². The molecule has 0 bridgehead atoms. The first kappa shape index (κ1) is 24.0. The minimum Gasteiger partial charge on any atom is -0.507 e. The second-order valence-corrected chi connectivity index (χ2v) is 9.64. The number of sulfonamides is 1. The van der Waals surface area contributed by atoms with E-state index in [4.69, 9.17) is 10.7 Å². The quantitative estimate of drug-likeness (QED) is 0.226. The number of aromatic hydroxyl groups is 1. The molecule has 0 fully saturated rings. The van der Waals surface area contributed by atoms with Gasteiger partial charge in [-0.15, -0.1) is 10.2 Å². The van der Waals surface area contributed by atoms with Gasteiger partial charge in [0.05, 0.1) is 4.90 Å². The van der Waals surface area contributed by atoms with Crippen LogP contribution in [-0.2, 0) is 14.9 Å². The monoisotopic (exact) mass is 519 g/mol. The molecule has 0 amide bonds. The molecule has 1 aliphatic rings. The second kappa shape index (κ2) is 9.73. The highest BCUT2D eigenvalue weighted by atomic mass is 32.2. The normalized spacial score (nSPS) is 15.3. The molecule has 1 atom stereocenters. The molecular weight excluding hydrogens is 498 g/mol.